The van der Waals surface area contributed by atoms with Gasteiger partial charge in [-0.25, -0.2) is 0 Å². The van der Waals surface area contributed by atoms with Gasteiger partial charge in [0.1, 0.15) is 0 Å². The van der Waals surface area contributed by atoms with E-state index in [0.29, 0.717) is 0 Å². The van der Waals surface area contributed by atoms with E-state index in [1.165, 1.54) is 0 Å². The zero-order chi connectivity index (χ0) is 3.58. The monoisotopic (exact) mass is 189 g/mol. The Morgan fingerprint density at radius 3 is 1.29 bits per heavy atom. The molecule has 0 aliphatic heterocycles. The summed E-state index contributed by atoms with van der Waals surface area (Å²) in [7, 11) is -3.13. The third kappa shape index (κ3) is 108. The molecule has 1 radical (unpaired) electrons. The van der Waals surface area contributed by atoms with Gasteiger partial charge < -0.3 is 15.1 Å². The minimum atomic E-state index is -3.13. The maximum atomic E-state index is 8.74. The Labute approximate surface area is 84.0 Å². The summed E-state index contributed by atoms with van der Waals surface area (Å²) in [5.74, 6) is 0. The van der Waals surface area contributed by atoms with Crippen molar-refractivity contribution in [2.45, 2.75) is 0 Å². The summed E-state index contributed by atoms with van der Waals surface area (Å²) in [6.07, 6.45) is 0. The molecule has 0 aromatic carbocycles. The van der Waals surface area contributed by atoms with Crippen LogP contribution in [-0.2, 0) is 23.0 Å². The van der Waals surface area contributed by atoms with Crippen LogP contribution in [-0.4, -0.2) is 62.0 Å². The van der Waals surface area contributed by atoms with Crippen molar-refractivity contribution in [3.05, 3.63) is 0 Å². The average Bonchev–Trinajstić information content (AvgIpc) is 0.811. The first-order valence-corrected chi connectivity index (χ1v) is 1.95. The van der Waals surface area contributed by atoms with Gasteiger partial charge in [0.2, 0.25) is 0 Å². The van der Waals surface area contributed by atoms with Gasteiger partial charge in [0.15, 0.2) is 0 Å². The maximum Gasteiger partial charge on any atom is 0 e. The third-order valence-electron chi connectivity index (χ3n) is 0. The Hall–Kier alpha value is 1.42. The van der Waals surface area contributed by atoms with Gasteiger partial charge in [0.05, 0.1) is 0 Å². The van der Waals surface area contributed by atoms with Crippen LogP contribution in [0.1, 0.15) is 0 Å². The standard InChI is InChI=1S/Ca.H2O3Si.H2O.V.2H/c;1-4(2)3;;;;/h;1-2H;1H2;;;. The van der Waals surface area contributed by atoms with Crippen molar-refractivity contribution in [2.24, 2.45) is 0 Å². The zero-order valence-corrected chi connectivity index (χ0v) is 5.15. The van der Waals surface area contributed by atoms with Crippen LogP contribution in [0.25, 0.3) is 0 Å². The second kappa shape index (κ2) is 15.7. The largest absolute Gasteiger partial charge is 0 e. The molecule has 0 saturated carbocycles. The molecule has 0 aromatic heterocycles. The van der Waals surface area contributed by atoms with Crippen LogP contribution < -0.4 is 0 Å². The molecule has 0 spiro atoms. The van der Waals surface area contributed by atoms with Gasteiger partial charge in [-0.05, 0) is 0 Å². The third-order valence-corrected chi connectivity index (χ3v) is 0. The van der Waals surface area contributed by atoms with Gasteiger partial charge in [-0.1, -0.05) is 0 Å². The average molecular weight is 189 g/mol. The molecule has 41 valence electrons. The molecule has 4 nitrogen and oxygen atoms in total. The van der Waals surface area contributed by atoms with E-state index in [2.05, 4.69) is 0 Å². The number of rotatable bonds is 0. The van der Waals surface area contributed by atoms with E-state index < -0.39 is 9.17 Å². The molecule has 0 atom stereocenters. The molecule has 0 heterocycles. The SMILES string of the molecule is O.O=[Si](O)O.[CaH2].[V]. The molecule has 0 aliphatic carbocycles. The first-order valence-electron chi connectivity index (χ1n) is 0.651. The summed E-state index contributed by atoms with van der Waals surface area (Å²) in [6, 6.07) is 0. The molecule has 0 amide bonds. The molecule has 0 bridgehead atoms. The van der Waals surface area contributed by atoms with E-state index in [-0.39, 0.29) is 61.8 Å². The predicted octanol–water partition coefficient (Wildman–Crippen LogP) is -3.36. The first-order chi connectivity index (χ1) is 1.73. The van der Waals surface area contributed by atoms with Gasteiger partial charge in [0, 0.05) is 18.6 Å². The number of hydrogen-bond acceptors (Lipinski definition) is 1. The van der Waals surface area contributed by atoms with E-state index in [1.54, 1.807) is 0 Å². The number of hydrogen-bond donors (Lipinski definition) is 2. The van der Waals surface area contributed by atoms with Gasteiger partial charge in [0.25, 0.3) is 0 Å². The van der Waals surface area contributed by atoms with E-state index in [9.17, 15) is 0 Å². The Kier molecular flexibility index (Phi) is 53.1. The van der Waals surface area contributed by atoms with Gasteiger partial charge in [-0.3, -0.25) is 4.46 Å². The van der Waals surface area contributed by atoms with Crippen molar-refractivity contribution in [1.29, 1.82) is 0 Å². The summed E-state index contributed by atoms with van der Waals surface area (Å²) in [4.78, 5) is 14.3. The summed E-state index contributed by atoms with van der Waals surface area (Å²) in [6.45, 7) is 0. The topological polar surface area (TPSA) is 89.0 Å². The molecular weight excluding hydrogens is 183 g/mol. The Balaban J connectivity index is -0.0000000150. The van der Waals surface area contributed by atoms with Crippen molar-refractivity contribution in [1.82, 2.24) is 0 Å². The van der Waals surface area contributed by atoms with Crippen LogP contribution in [0.2, 0.25) is 0 Å². The molecule has 0 fully saturated rings. The van der Waals surface area contributed by atoms with E-state index in [1.807, 2.05) is 0 Å². The molecule has 7 heteroatoms. The van der Waals surface area contributed by atoms with Crippen molar-refractivity contribution < 1.29 is 38.1 Å². The summed E-state index contributed by atoms with van der Waals surface area (Å²) in [5, 5.41) is 0. The molecule has 0 unspecified atom stereocenters. The van der Waals surface area contributed by atoms with Crippen molar-refractivity contribution >= 4 is 46.9 Å². The second-order valence-corrected chi connectivity index (χ2v) is 0.848. The fraction of sp³-hybridized carbons (Fsp3) is 0. The molecule has 0 aliphatic rings. The van der Waals surface area contributed by atoms with Crippen LogP contribution in [0.4, 0.5) is 0 Å². The van der Waals surface area contributed by atoms with Crippen LogP contribution in [0.5, 0.6) is 0 Å². The fourth-order valence-corrected chi connectivity index (χ4v) is 0. The minimum absolute atomic E-state index is 0. The maximum absolute atomic E-state index is 8.74. The van der Waals surface area contributed by atoms with E-state index >= 15 is 0 Å². The molecule has 7 heavy (non-hydrogen) atoms. The zero-order valence-electron chi connectivity index (χ0n) is 2.75. The molecule has 0 saturated heterocycles. The Morgan fingerprint density at radius 1 is 1.29 bits per heavy atom. The van der Waals surface area contributed by atoms with Crippen LogP contribution in [0.3, 0.4) is 0 Å². The predicted molar refractivity (Wildman–Crippen MR) is 23.0 cm³/mol. The van der Waals surface area contributed by atoms with Crippen LogP contribution >= 0.6 is 0 Å². The van der Waals surface area contributed by atoms with Crippen molar-refractivity contribution in [3.63, 3.8) is 0 Å². The minimum Gasteiger partial charge on any atom is 0 e. The first kappa shape index (κ1) is 23.7. The normalized spacial score (nSPS) is 3.43. The Morgan fingerprint density at radius 2 is 1.29 bits per heavy atom. The van der Waals surface area contributed by atoms with Gasteiger partial charge in [-0.15, -0.1) is 0 Å². The summed E-state index contributed by atoms with van der Waals surface area (Å²) >= 11 is 0. The van der Waals surface area contributed by atoms with Crippen molar-refractivity contribution in [2.75, 3.05) is 0 Å². The molecule has 0 aromatic rings. The van der Waals surface area contributed by atoms with E-state index in [0.717, 1.165) is 0 Å². The fourth-order valence-electron chi connectivity index (χ4n) is 0. The molecular formula is H6CaO4SiV. The smallest absolute Gasteiger partial charge is 0 e. The quantitative estimate of drug-likeness (QED) is 0.390. The molecule has 4 N–H and O–H groups in total. The van der Waals surface area contributed by atoms with Crippen LogP contribution in [0, 0.1) is 0 Å². The summed E-state index contributed by atoms with van der Waals surface area (Å²) < 4.78 is 8.74. The second-order valence-electron chi connectivity index (χ2n) is 0.283. The van der Waals surface area contributed by atoms with Gasteiger partial charge >= 0.3 is 46.9 Å². The van der Waals surface area contributed by atoms with Gasteiger partial charge in [-0.2, -0.15) is 0 Å². The summed E-state index contributed by atoms with van der Waals surface area (Å²) in [5.41, 5.74) is 0. The Bertz CT molecular complexity index is 34.7. The van der Waals surface area contributed by atoms with Crippen LogP contribution in [0.15, 0.2) is 0 Å². The van der Waals surface area contributed by atoms with Crippen molar-refractivity contribution in [3.8, 4) is 0 Å². The molecule has 0 rings (SSSR count). The van der Waals surface area contributed by atoms with E-state index in [4.69, 9.17) is 14.1 Å².